The number of hydrogen-bond donors (Lipinski definition) is 1. The first-order valence-corrected chi connectivity index (χ1v) is 13.6. The third-order valence-corrected chi connectivity index (χ3v) is 7.79. The van der Waals surface area contributed by atoms with Crippen molar-refractivity contribution < 1.29 is 18.6 Å². The number of piperidine rings is 1. The predicted octanol–water partition coefficient (Wildman–Crippen LogP) is 5.02. The van der Waals surface area contributed by atoms with E-state index in [1.54, 1.807) is 37.2 Å². The minimum absolute atomic E-state index is 0.285. The van der Waals surface area contributed by atoms with Crippen LogP contribution in [0.4, 0.5) is 0 Å². The number of methoxy groups -OCH3 is 2. The summed E-state index contributed by atoms with van der Waals surface area (Å²) in [6.07, 6.45) is 4.19. The Labute approximate surface area is 219 Å². The standard InChI is InChI=1S/C25H31N5O4S2/c1-26-18(15-35-14-17-5-7-28-8-6-17)13-33-22-9-19(31-3)10-23-20(22)11-24(34-23)21(27-2)12-30-16-36-25(29-30)32-4/h9-12,15,17,28H,1-2,5-8,13-14,16H2,3-4H3/b18-15-,21-12-. The number of thioether (sulfide) groups is 2. The summed E-state index contributed by atoms with van der Waals surface area (Å²) in [7, 11) is 3.20. The first-order chi connectivity index (χ1) is 17.6. The zero-order valence-corrected chi connectivity index (χ0v) is 22.2. The molecule has 11 heteroatoms. The van der Waals surface area contributed by atoms with E-state index in [1.807, 2.05) is 23.6 Å². The number of aliphatic imine (C=N–C) groups is 2. The molecular formula is C25H31N5O4S2. The number of ether oxygens (including phenoxy) is 3. The minimum Gasteiger partial charge on any atom is -0.496 e. The van der Waals surface area contributed by atoms with Crippen LogP contribution in [-0.2, 0) is 4.74 Å². The first kappa shape index (κ1) is 26.2. The highest BCUT2D eigenvalue weighted by Crippen LogP contribution is 2.36. The Balaban J connectivity index is 1.50. The van der Waals surface area contributed by atoms with Gasteiger partial charge in [0.25, 0.3) is 5.23 Å². The van der Waals surface area contributed by atoms with Crippen molar-refractivity contribution in [1.82, 2.24) is 10.3 Å². The van der Waals surface area contributed by atoms with Gasteiger partial charge in [-0.3, -0.25) is 15.0 Å². The van der Waals surface area contributed by atoms with Gasteiger partial charge in [0.2, 0.25) is 0 Å². The van der Waals surface area contributed by atoms with Crippen molar-refractivity contribution in [2.75, 3.05) is 45.5 Å². The van der Waals surface area contributed by atoms with Crippen LogP contribution in [0.2, 0.25) is 0 Å². The molecule has 9 nitrogen and oxygen atoms in total. The van der Waals surface area contributed by atoms with E-state index < -0.39 is 0 Å². The van der Waals surface area contributed by atoms with Gasteiger partial charge in [-0.15, -0.1) is 16.9 Å². The fourth-order valence-electron chi connectivity index (χ4n) is 3.82. The average molecular weight is 530 g/mol. The van der Waals surface area contributed by atoms with Crippen LogP contribution in [0.3, 0.4) is 0 Å². The Hall–Kier alpha value is -2.89. The SMILES string of the molecule is C=N/C(=C\SCC1CCNCC1)COc1cc(OC)cc2oc(/C(=C/N3CSC(OC)=N3)N=C)cc12. The normalized spacial score (nSPS) is 17.3. The van der Waals surface area contributed by atoms with Gasteiger partial charge in [0.15, 0.2) is 5.76 Å². The zero-order valence-electron chi connectivity index (χ0n) is 20.6. The molecule has 2 aliphatic heterocycles. The summed E-state index contributed by atoms with van der Waals surface area (Å²) in [4.78, 5) is 8.31. The molecule has 1 aromatic carbocycles. The van der Waals surface area contributed by atoms with Gasteiger partial charge in [0.05, 0.1) is 37.4 Å². The number of fused-ring (bicyclic) bond motifs is 1. The summed E-state index contributed by atoms with van der Waals surface area (Å²) in [6, 6.07) is 5.53. The van der Waals surface area contributed by atoms with Crippen molar-refractivity contribution in [2.24, 2.45) is 21.0 Å². The maximum absolute atomic E-state index is 6.16. The van der Waals surface area contributed by atoms with E-state index in [0.29, 0.717) is 39.6 Å². The molecule has 1 fully saturated rings. The number of nitrogens with zero attached hydrogens (tertiary/aromatic N) is 4. The van der Waals surface area contributed by atoms with Gasteiger partial charge in [0, 0.05) is 17.9 Å². The smallest absolute Gasteiger partial charge is 0.269 e. The van der Waals surface area contributed by atoms with Crippen LogP contribution in [0.15, 0.2) is 55.0 Å². The van der Waals surface area contributed by atoms with Gasteiger partial charge in [-0.2, -0.15) is 0 Å². The molecule has 0 radical (unpaired) electrons. The number of furan rings is 1. The van der Waals surface area contributed by atoms with E-state index >= 15 is 0 Å². The van der Waals surface area contributed by atoms with Crippen LogP contribution in [0.1, 0.15) is 18.6 Å². The molecule has 36 heavy (non-hydrogen) atoms. The third-order valence-electron chi connectivity index (χ3n) is 5.80. The molecule has 0 unspecified atom stereocenters. The summed E-state index contributed by atoms with van der Waals surface area (Å²) in [5, 5.41) is 12.9. The molecule has 192 valence electrons. The van der Waals surface area contributed by atoms with Gasteiger partial charge in [-0.1, -0.05) is 0 Å². The molecule has 3 heterocycles. The van der Waals surface area contributed by atoms with Crippen molar-refractivity contribution in [3.8, 4) is 11.5 Å². The topological polar surface area (TPSA) is 93.2 Å². The van der Waals surface area contributed by atoms with Gasteiger partial charge in [-0.05, 0) is 68.5 Å². The van der Waals surface area contributed by atoms with Crippen LogP contribution in [0.5, 0.6) is 11.5 Å². The molecule has 4 rings (SSSR count). The summed E-state index contributed by atoms with van der Waals surface area (Å²) < 4.78 is 22.9. The summed E-state index contributed by atoms with van der Waals surface area (Å²) in [5.74, 6) is 4.21. The highest BCUT2D eigenvalue weighted by molar-refractivity contribution is 8.13. The van der Waals surface area contributed by atoms with E-state index in [-0.39, 0.29) is 6.61 Å². The highest BCUT2D eigenvalue weighted by Gasteiger charge is 2.18. The Morgan fingerprint density at radius 3 is 2.78 bits per heavy atom. The van der Waals surface area contributed by atoms with E-state index in [2.05, 4.69) is 33.8 Å². The van der Waals surface area contributed by atoms with E-state index in [0.717, 1.165) is 35.8 Å². The minimum atomic E-state index is 0.285. The lowest BCUT2D eigenvalue weighted by Gasteiger charge is -2.21. The number of hydrogen-bond acceptors (Lipinski definition) is 11. The Morgan fingerprint density at radius 2 is 2.08 bits per heavy atom. The fraction of sp³-hybridized carbons (Fsp3) is 0.400. The maximum Gasteiger partial charge on any atom is 0.269 e. The molecule has 1 aromatic heterocycles. The fourth-order valence-corrected chi connectivity index (χ4v) is 5.51. The number of benzene rings is 1. The van der Waals surface area contributed by atoms with Crippen molar-refractivity contribution >= 4 is 58.9 Å². The van der Waals surface area contributed by atoms with E-state index in [4.69, 9.17) is 18.6 Å². The Bertz CT molecular complexity index is 1170. The lowest BCUT2D eigenvalue weighted by Crippen LogP contribution is -2.28. The second kappa shape index (κ2) is 12.9. The summed E-state index contributed by atoms with van der Waals surface area (Å²) in [5.41, 5.74) is 1.93. The quantitative estimate of drug-likeness (QED) is 0.406. The average Bonchev–Trinajstić information content (AvgIpc) is 3.56. The zero-order chi connectivity index (χ0) is 25.3. The van der Waals surface area contributed by atoms with E-state index in [9.17, 15) is 0 Å². The molecule has 0 aliphatic carbocycles. The molecule has 1 saturated heterocycles. The van der Waals surface area contributed by atoms with Gasteiger partial charge in [-0.25, -0.2) is 0 Å². The van der Waals surface area contributed by atoms with Gasteiger partial charge >= 0.3 is 0 Å². The Morgan fingerprint density at radius 1 is 1.25 bits per heavy atom. The maximum atomic E-state index is 6.16. The molecule has 2 aliphatic rings. The highest BCUT2D eigenvalue weighted by atomic mass is 32.2. The second-order valence-electron chi connectivity index (χ2n) is 8.19. The van der Waals surface area contributed by atoms with Crippen molar-refractivity contribution in [3.63, 3.8) is 0 Å². The number of rotatable bonds is 11. The van der Waals surface area contributed by atoms with Crippen LogP contribution in [0, 0.1) is 5.92 Å². The van der Waals surface area contributed by atoms with Crippen LogP contribution in [0.25, 0.3) is 16.7 Å². The van der Waals surface area contributed by atoms with Crippen LogP contribution >= 0.6 is 23.5 Å². The molecule has 0 atom stereocenters. The largest absolute Gasteiger partial charge is 0.496 e. The van der Waals surface area contributed by atoms with Crippen molar-refractivity contribution in [2.45, 2.75) is 12.8 Å². The van der Waals surface area contributed by atoms with Crippen LogP contribution in [-0.4, -0.2) is 69.2 Å². The number of hydrazone groups is 1. The summed E-state index contributed by atoms with van der Waals surface area (Å²) in [6.45, 7) is 9.89. The lowest BCUT2D eigenvalue weighted by molar-refractivity contribution is 0.350. The van der Waals surface area contributed by atoms with Gasteiger partial charge < -0.3 is 23.9 Å². The van der Waals surface area contributed by atoms with Gasteiger partial charge in [0.1, 0.15) is 29.4 Å². The molecule has 0 saturated carbocycles. The number of nitrogens with one attached hydrogen (secondary N) is 1. The first-order valence-electron chi connectivity index (χ1n) is 11.6. The van der Waals surface area contributed by atoms with E-state index in [1.165, 1.54) is 24.6 Å². The molecule has 2 aromatic rings. The lowest BCUT2D eigenvalue weighted by atomic mass is 10.0. The monoisotopic (exact) mass is 529 g/mol. The molecular weight excluding hydrogens is 498 g/mol. The summed E-state index contributed by atoms with van der Waals surface area (Å²) >= 11 is 3.26. The Kier molecular flexibility index (Phi) is 9.37. The molecule has 1 N–H and O–H groups in total. The van der Waals surface area contributed by atoms with Crippen molar-refractivity contribution in [1.29, 1.82) is 0 Å². The molecule has 0 bridgehead atoms. The molecule has 0 spiro atoms. The third kappa shape index (κ3) is 6.65. The predicted molar refractivity (Wildman–Crippen MR) is 150 cm³/mol. The van der Waals surface area contributed by atoms with Crippen LogP contribution < -0.4 is 14.8 Å². The second-order valence-corrected chi connectivity index (χ2v) is 9.98. The van der Waals surface area contributed by atoms with Crippen molar-refractivity contribution in [3.05, 3.63) is 41.3 Å². The molecule has 0 amide bonds.